The van der Waals surface area contributed by atoms with E-state index in [9.17, 15) is 14.9 Å². The summed E-state index contributed by atoms with van der Waals surface area (Å²) in [6, 6.07) is 4.49. The molecule has 6 heteroatoms. The van der Waals surface area contributed by atoms with Gasteiger partial charge in [0.05, 0.1) is 10.5 Å². The first kappa shape index (κ1) is 15.9. The standard InChI is InChI=1S/C14H19NO5/c1-9-11(15(17)18)7-6-8-12(9)19-10(2)13(16)20-14(3,4)5/h6-8,10H,1-5H3. The number of nitro benzene ring substituents is 1. The van der Waals surface area contributed by atoms with E-state index in [1.54, 1.807) is 40.7 Å². The second kappa shape index (κ2) is 5.90. The first-order valence-electron chi connectivity index (χ1n) is 6.25. The number of esters is 1. The quantitative estimate of drug-likeness (QED) is 0.481. The van der Waals surface area contributed by atoms with Crippen molar-refractivity contribution in [3.8, 4) is 5.75 Å². The third-order valence-corrected chi connectivity index (χ3v) is 2.49. The van der Waals surface area contributed by atoms with Gasteiger partial charge in [-0.3, -0.25) is 10.1 Å². The molecule has 1 unspecified atom stereocenters. The third kappa shape index (κ3) is 4.22. The van der Waals surface area contributed by atoms with Crippen LogP contribution in [0.25, 0.3) is 0 Å². The van der Waals surface area contributed by atoms with Crippen molar-refractivity contribution in [2.45, 2.75) is 46.3 Å². The average Bonchev–Trinajstić information content (AvgIpc) is 2.29. The third-order valence-electron chi connectivity index (χ3n) is 2.49. The van der Waals surface area contributed by atoms with E-state index in [1.807, 2.05) is 0 Å². The Morgan fingerprint density at radius 2 is 1.95 bits per heavy atom. The lowest BCUT2D eigenvalue weighted by Crippen LogP contribution is -2.33. The van der Waals surface area contributed by atoms with Gasteiger partial charge in [-0.15, -0.1) is 0 Å². The van der Waals surface area contributed by atoms with Crippen LogP contribution in [0.4, 0.5) is 5.69 Å². The number of carbonyl (C=O) groups is 1. The Labute approximate surface area is 117 Å². The molecule has 0 heterocycles. The van der Waals surface area contributed by atoms with Gasteiger partial charge in [0.1, 0.15) is 11.4 Å². The van der Waals surface area contributed by atoms with Crippen molar-refractivity contribution < 1.29 is 19.2 Å². The number of hydrogen-bond donors (Lipinski definition) is 0. The van der Waals surface area contributed by atoms with Gasteiger partial charge in [0.2, 0.25) is 0 Å². The van der Waals surface area contributed by atoms with Gasteiger partial charge in [0.15, 0.2) is 6.10 Å². The number of carbonyl (C=O) groups excluding carboxylic acids is 1. The molecule has 0 N–H and O–H groups in total. The molecular formula is C14H19NO5. The molecule has 0 aliphatic heterocycles. The molecule has 1 rings (SSSR count). The van der Waals surface area contributed by atoms with Crippen molar-refractivity contribution >= 4 is 11.7 Å². The second-order valence-corrected chi connectivity index (χ2v) is 5.45. The summed E-state index contributed by atoms with van der Waals surface area (Å²) in [5.74, 6) is -0.207. The number of benzene rings is 1. The minimum atomic E-state index is -0.838. The van der Waals surface area contributed by atoms with Crippen molar-refractivity contribution in [1.82, 2.24) is 0 Å². The molecule has 1 aromatic rings. The lowest BCUT2D eigenvalue weighted by atomic mass is 10.2. The zero-order chi connectivity index (χ0) is 15.5. The number of hydrogen-bond acceptors (Lipinski definition) is 5. The molecule has 1 aromatic carbocycles. The molecule has 6 nitrogen and oxygen atoms in total. The highest BCUT2D eigenvalue weighted by molar-refractivity contribution is 5.75. The molecule has 0 aromatic heterocycles. The van der Waals surface area contributed by atoms with Gasteiger partial charge in [-0.25, -0.2) is 4.79 Å². The molecule has 0 aliphatic carbocycles. The molecule has 0 saturated heterocycles. The van der Waals surface area contributed by atoms with E-state index in [4.69, 9.17) is 9.47 Å². The maximum Gasteiger partial charge on any atom is 0.347 e. The van der Waals surface area contributed by atoms with Crippen LogP contribution in [0.2, 0.25) is 0 Å². The summed E-state index contributed by atoms with van der Waals surface area (Å²) in [5.41, 5.74) is -0.265. The molecule has 0 amide bonds. The predicted molar refractivity (Wildman–Crippen MR) is 73.8 cm³/mol. The largest absolute Gasteiger partial charge is 0.478 e. The predicted octanol–water partition coefficient (Wildman–Crippen LogP) is 3.01. The maximum atomic E-state index is 11.8. The van der Waals surface area contributed by atoms with Gasteiger partial charge in [0.25, 0.3) is 5.69 Å². The summed E-state index contributed by atoms with van der Waals surface area (Å²) in [5, 5.41) is 10.8. The van der Waals surface area contributed by atoms with Crippen LogP contribution in [0.3, 0.4) is 0 Å². The SMILES string of the molecule is Cc1c(OC(C)C(=O)OC(C)(C)C)cccc1[N+](=O)[O-]. The van der Waals surface area contributed by atoms with Crippen LogP contribution in [0.1, 0.15) is 33.3 Å². The summed E-state index contributed by atoms with van der Waals surface area (Å²) in [6.07, 6.45) is -0.838. The fraction of sp³-hybridized carbons (Fsp3) is 0.500. The number of nitro groups is 1. The summed E-state index contributed by atoms with van der Waals surface area (Å²) >= 11 is 0. The van der Waals surface area contributed by atoms with E-state index in [0.29, 0.717) is 11.3 Å². The lowest BCUT2D eigenvalue weighted by Gasteiger charge is -2.23. The monoisotopic (exact) mass is 281 g/mol. The molecule has 0 bridgehead atoms. The normalized spacial score (nSPS) is 12.7. The van der Waals surface area contributed by atoms with E-state index in [-0.39, 0.29) is 5.69 Å². The highest BCUT2D eigenvalue weighted by atomic mass is 16.6. The molecule has 0 saturated carbocycles. The molecule has 1 atom stereocenters. The number of rotatable bonds is 4. The van der Waals surface area contributed by atoms with Gasteiger partial charge in [-0.1, -0.05) is 6.07 Å². The molecule has 0 fully saturated rings. The van der Waals surface area contributed by atoms with Crippen molar-refractivity contribution in [1.29, 1.82) is 0 Å². The van der Waals surface area contributed by atoms with Crippen LogP contribution >= 0.6 is 0 Å². The minimum Gasteiger partial charge on any atom is -0.478 e. The van der Waals surface area contributed by atoms with Gasteiger partial charge in [0, 0.05) is 6.07 Å². The van der Waals surface area contributed by atoms with E-state index < -0.39 is 22.6 Å². The van der Waals surface area contributed by atoms with Crippen molar-refractivity contribution in [3.05, 3.63) is 33.9 Å². The van der Waals surface area contributed by atoms with Gasteiger partial charge in [-0.2, -0.15) is 0 Å². The van der Waals surface area contributed by atoms with E-state index >= 15 is 0 Å². The van der Waals surface area contributed by atoms with E-state index in [2.05, 4.69) is 0 Å². The minimum absolute atomic E-state index is 0.0427. The second-order valence-electron chi connectivity index (χ2n) is 5.45. The molecule has 0 spiro atoms. The molecule has 0 radical (unpaired) electrons. The Balaban J connectivity index is 2.86. The van der Waals surface area contributed by atoms with E-state index in [0.717, 1.165) is 0 Å². The molecule has 0 aliphatic rings. The topological polar surface area (TPSA) is 78.7 Å². The van der Waals surface area contributed by atoms with Crippen molar-refractivity contribution in [2.24, 2.45) is 0 Å². The highest BCUT2D eigenvalue weighted by Crippen LogP contribution is 2.28. The Morgan fingerprint density at radius 1 is 1.35 bits per heavy atom. The first-order valence-corrected chi connectivity index (χ1v) is 6.25. The first-order chi connectivity index (χ1) is 9.11. The summed E-state index contributed by atoms with van der Waals surface area (Å²) in [6.45, 7) is 8.41. The Bertz CT molecular complexity index is 519. The van der Waals surface area contributed by atoms with Crippen LogP contribution in [-0.2, 0) is 9.53 Å². The summed E-state index contributed by atoms with van der Waals surface area (Å²) < 4.78 is 10.7. The van der Waals surface area contributed by atoms with Crippen molar-refractivity contribution in [3.63, 3.8) is 0 Å². The van der Waals surface area contributed by atoms with Crippen LogP contribution < -0.4 is 4.74 Å². The van der Waals surface area contributed by atoms with Gasteiger partial charge in [-0.05, 0) is 40.7 Å². The zero-order valence-electron chi connectivity index (χ0n) is 12.3. The Kier molecular flexibility index (Phi) is 4.70. The Morgan fingerprint density at radius 3 is 2.45 bits per heavy atom. The maximum absolute atomic E-state index is 11.8. The average molecular weight is 281 g/mol. The Hall–Kier alpha value is -2.11. The fourth-order valence-corrected chi connectivity index (χ4v) is 1.55. The smallest absolute Gasteiger partial charge is 0.347 e. The summed E-state index contributed by atoms with van der Waals surface area (Å²) in [7, 11) is 0. The van der Waals surface area contributed by atoms with E-state index in [1.165, 1.54) is 12.1 Å². The van der Waals surface area contributed by atoms with Crippen LogP contribution in [0, 0.1) is 17.0 Å². The van der Waals surface area contributed by atoms with Crippen LogP contribution in [0.5, 0.6) is 5.75 Å². The highest BCUT2D eigenvalue weighted by Gasteiger charge is 2.24. The zero-order valence-corrected chi connectivity index (χ0v) is 12.3. The molecule has 20 heavy (non-hydrogen) atoms. The van der Waals surface area contributed by atoms with Gasteiger partial charge < -0.3 is 9.47 Å². The van der Waals surface area contributed by atoms with Gasteiger partial charge >= 0.3 is 5.97 Å². The fourth-order valence-electron chi connectivity index (χ4n) is 1.55. The van der Waals surface area contributed by atoms with Crippen LogP contribution in [-0.4, -0.2) is 22.6 Å². The van der Waals surface area contributed by atoms with Crippen molar-refractivity contribution in [2.75, 3.05) is 0 Å². The molecule has 110 valence electrons. The van der Waals surface area contributed by atoms with Crippen LogP contribution in [0.15, 0.2) is 18.2 Å². The lowest BCUT2D eigenvalue weighted by molar-refractivity contribution is -0.385. The molecular weight excluding hydrogens is 262 g/mol. The summed E-state index contributed by atoms with van der Waals surface area (Å²) in [4.78, 5) is 22.2. The number of nitrogens with zero attached hydrogens (tertiary/aromatic N) is 1. The number of ether oxygens (including phenoxy) is 2.